The zero-order chi connectivity index (χ0) is 7.82. The Morgan fingerprint density at radius 3 is 2.50 bits per heavy atom. The van der Waals surface area contributed by atoms with E-state index in [1.807, 2.05) is 0 Å². The van der Waals surface area contributed by atoms with E-state index in [0.717, 1.165) is 26.1 Å². The maximum absolute atomic E-state index is 10.3. The Labute approximate surface area is 62.2 Å². The highest BCUT2D eigenvalue weighted by Gasteiger charge is 1.87. The van der Waals surface area contributed by atoms with Crippen molar-refractivity contribution in [3.63, 3.8) is 0 Å². The summed E-state index contributed by atoms with van der Waals surface area (Å²) in [4.78, 5) is 10.3. The van der Waals surface area contributed by atoms with Crippen LogP contribution < -0.4 is 10.6 Å². The maximum atomic E-state index is 10.3. The predicted octanol–water partition coefficient (Wildman–Crippen LogP) is 0.122. The molecule has 0 aromatic rings. The minimum atomic E-state index is 0.0401. The molecule has 0 spiro atoms. The minimum absolute atomic E-state index is 0.0401. The van der Waals surface area contributed by atoms with Crippen LogP contribution in [0, 0.1) is 0 Å². The first-order chi connectivity index (χ1) is 4.77. The quantitative estimate of drug-likeness (QED) is 0.538. The Bertz CT molecular complexity index is 93.6. The summed E-state index contributed by atoms with van der Waals surface area (Å²) in [6.45, 7) is 6.27. The number of nitrogens with one attached hydrogen (secondary N) is 2. The van der Waals surface area contributed by atoms with Crippen LogP contribution in [0.4, 0.5) is 0 Å². The molecule has 0 aliphatic rings. The van der Waals surface area contributed by atoms with Gasteiger partial charge in [0, 0.05) is 20.0 Å². The molecule has 0 rings (SSSR count). The van der Waals surface area contributed by atoms with Gasteiger partial charge in [-0.05, 0) is 13.0 Å². The van der Waals surface area contributed by atoms with Gasteiger partial charge in [-0.2, -0.15) is 0 Å². The first-order valence-electron chi connectivity index (χ1n) is 3.72. The molecule has 0 saturated heterocycles. The van der Waals surface area contributed by atoms with Crippen molar-refractivity contribution in [1.29, 1.82) is 0 Å². The van der Waals surface area contributed by atoms with Crippen LogP contribution in [0.1, 0.15) is 20.3 Å². The van der Waals surface area contributed by atoms with Gasteiger partial charge in [0.25, 0.3) is 0 Å². The van der Waals surface area contributed by atoms with Crippen molar-refractivity contribution in [2.75, 3.05) is 19.6 Å². The number of carbonyl (C=O) groups is 1. The monoisotopic (exact) mass is 144 g/mol. The van der Waals surface area contributed by atoms with Crippen molar-refractivity contribution in [2.45, 2.75) is 20.3 Å². The molecular weight excluding hydrogens is 128 g/mol. The summed E-state index contributed by atoms with van der Waals surface area (Å²) in [7, 11) is 0. The number of rotatable bonds is 5. The van der Waals surface area contributed by atoms with Crippen molar-refractivity contribution in [3.8, 4) is 0 Å². The Morgan fingerprint density at radius 2 is 2.00 bits per heavy atom. The van der Waals surface area contributed by atoms with E-state index >= 15 is 0 Å². The molecule has 0 aliphatic carbocycles. The van der Waals surface area contributed by atoms with Crippen LogP contribution in [0.3, 0.4) is 0 Å². The lowest BCUT2D eigenvalue weighted by atomic mass is 10.4. The summed E-state index contributed by atoms with van der Waals surface area (Å²) in [6, 6.07) is 0. The first-order valence-corrected chi connectivity index (χ1v) is 3.72. The zero-order valence-corrected chi connectivity index (χ0v) is 6.74. The van der Waals surface area contributed by atoms with Crippen LogP contribution in [0.15, 0.2) is 0 Å². The Kier molecular flexibility index (Phi) is 6.18. The Balaban J connectivity index is 2.84. The normalized spacial score (nSPS) is 9.40. The van der Waals surface area contributed by atoms with E-state index in [9.17, 15) is 4.79 Å². The third-order valence-corrected chi connectivity index (χ3v) is 1.10. The molecule has 10 heavy (non-hydrogen) atoms. The standard InChI is InChI=1S/C7H16N2O/c1-3-4-8-5-6-9-7(2)10/h8H,3-6H2,1-2H3,(H,9,10). The van der Waals surface area contributed by atoms with Gasteiger partial charge in [-0.1, -0.05) is 6.92 Å². The Morgan fingerprint density at radius 1 is 1.30 bits per heavy atom. The lowest BCUT2D eigenvalue weighted by Gasteiger charge is -2.02. The SMILES string of the molecule is CCCNCCNC(C)=O. The fourth-order valence-electron chi connectivity index (χ4n) is 0.629. The molecule has 60 valence electrons. The van der Waals surface area contributed by atoms with E-state index in [4.69, 9.17) is 0 Å². The molecule has 0 bridgehead atoms. The van der Waals surface area contributed by atoms with Crippen LogP contribution >= 0.6 is 0 Å². The number of hydrogen-bond acceptors (Lipinski definition) is 2. The minimum Gasteiger partial charge on any atom is -0.355 e. The largest absolute Gasteiger partial charge is 0.355 e. The van der Waals surface area contributed by atoms with Gasteiger partial charge in [-0.25, -0.2) is 0 Å². The van der Waals surface area contributed by atoms with Gasteiger partial charge in [-0.3, -0.25) is 4.79 Å². The second-order valence-electron chi connectivity index (χ2n) is 2.23. The van der Waals surface area contributed by atoms with Crippen LogP contribution in [-0.2, 0) is 4.79 Å². The van der Waals surface area contributed by atoms with Crippen molar-refractivity contribution >= 4 is 5.91 Å². The fraction of sp³-hybridized carbons (Fsp3) is 0.857. The van der Waals surface area contributed by atoms with Gasteiger partial charge in [-0.15, -0.1) is 0 Å². The second kappa shape index (κ2) is 6.55. The third kappa shape index (κ3) is 7.43. The zero-order valence-electron chi connectivity index (χ0n) is 6.74. The van der Waals surface area contributed by atoms with Crippen molar-refractivity contribution in [2.24, 2.45) is 0 Å². The average molecular weight is 144 g/mol. The van der Waals surface area contributed by atoms with E-state index in [2.05, 4.69) is 17.6 Å². The highest BCUT2D eigenvalue weighted by atomic mass is 16.1. The van der Waals surface area contributed by atoms with Crippen LogP contribution in [0.2, 0.25) is 0 Å². The molecule has 2 N–H and O–H groups in total. The summed E-state index contributed by atoms with van der Waals surface area (Å²) < 4.78 is 0. The molecule has 3 heteroatoms. The van der Waals surface area contributed by atoms with Crippen molar-refractivity contribution in [1.82, 2.24) is 10.6 Å². The molecule has 0 radical (unpaired) electrons. The van der Waals surface area contributed by atoms with Gasteiger partial charge in [0.05, 0.1) is 0 Å². The van der Waals surface area contributed by atoms with E-state index in [0.29, 0.717) is 0 Å². The molecule has 0 saturated carbocycles. The third-order valence-electron chi connectivity index (χ3n) is 1.10. The van der Waals surface area contributed by atoms with Gasteiger partial charge >= 0.3 is 0 Å². The molecular formula is C7H16N2O. The van der Waals surface area contributed by atoms with Crippen molar-refractivity contribution in [3.05, 3.63) is 0 Å². The first kappa shape index (κ1) is 9.43. The lowest BCUT2D eigenvalue weighted by molar-refractivity contribution is -0.118. The van der Waals surface area contributed by atoms with Gasteiger partial charge < -0.3 is 10.6 Å². The predicted molar refractivity (Wildman–Crippen MR) is 41.8 cm³/mol. The van der Waals surface area contributed by atoms with E-state index in [1.54, 1.807) is 0 Å². The molecule has 0 atom stereocenters. The fourth-order valence-corrected chi connectivity index (χ4v) is 0.629. The van der Waals surface area contributed by atoms with E-state index < -0.39 is 0 Å². The molecule has 0 fully saturated rings. The summed E-state index contributed by atoms with van der Waals surface area (Å²) >= 11 is 0. The molecule has 3 nitrogen and oxygen atoms in total. The van der Waals surface area contributed by atoms with Gasteiger partial charge in [0.15, 0.2) is 0 Å². The molecule has 0 aromatic heterocycles. The molecule has 0 aromatic carbocycles. The summed E-state index contributed by atoms with van der Waals surface area (Å²) in [5, 5.41) is 5.88. The lowest BCUT2D eigenvalue weighted by Crippen LogP contribution is -2.30. The summed E-state index contributed by atoms with van der Waals surface area (Å²) in [5.74, 6) is 0.0401. The van der Waals surface area contributed by atoms with Gasteiger partial charge in [0.2, 0.25) is 5.91 Å². The topological polar surface area (TPSA) is 41.1 Å². The maximum Gasteiger partial charge on any atom is 0.216 e. The summed E-state index contributed by atoms with van der Waals surface area (Å²) in [5.41, 5.74) is 0. The average Bonchev–Trinajstić information content (AvgIpc) is 1.87. The second-order valence-corrected chi connectivity index (χ2v) is 2.23. The number of amides is 1. The highest BCUT2D eigenvalue weighted by Crippen LogP contribution is 1.67. The van der Waals surface area contributed by atoms with Crippen LogP contribution in [0.5, 0.6) is 0 Å². The number of carbonyl (C=O) groups excluding carboxylic acids is 1. The number of hydrogen-bond donors (Lipinski definition) is 2. The van der Waals surface area contributed by atoms with Crippen molar-refractivity contribution < 1.29 is 4.79 Å². The molecule has 0 aliphatic heterocycles. The highest BCUT2D eigenvalue weighted by molar-refractivity contribution is 5.72. The van der Waals surface area contributed by atoms with Crippen LogP contribution in [0.25, 0.3) is 0 Å². The van der Waals surface area contributed by atoms with E-state index in [1.165, 1.54) is 6.92 Å². The van der Waals surface area contributed by atoms with Crippen LogP contribution in [-0.4, -0.2) is 25.5 Å². The molecule has 1 amide bonds. The molecule has 0 unspecified atom stereocenters. The van der Waals surface area contributed by atoms with Gasteiger partial charge in [0.1, 0.15) is 0 Å². The summed E-state index contributed by atoms with van der Waals surface area (Å²) in [6.07, 6.45) is 1.14. The van der Waals surface area contributed by atoms with E-state index in [-0.39, 0.29) is 5.91 Å². The molecule has 0 heterocycles. The smallest absolute Gasteiger partial charge is 0.216 e. The Hall–Kier alpha value is -0.570.